The van der Waals surface area contributed by atoms with E-state index in [4.69, 9.17) is 4.74 Å². The van der Waals surface area contributed by atoms with Gasteiger partial charge in [-0.25, -0.2) is 17.9 Å². The van der Waals surface area contributed by atoms with Gasteiger partial charge < -0.3 is 9.47 Å². The Bertz CT molecular complexity index is 831. The van der Waals surface area contributed by atoms with Crippen molar-refractivity contribution in [2.75, 3.05) is 14.2 Å². The van der Waals surface area contributed by atoms with Gasteiger partial charge in [-0.15, -0.1) is 0 Å². The minimum atomic E-state index is -3.79. The average Bonchev–Trinajstić information content (AvgIpc) is 2.65. The molecular formula is C18H21NO5S. The minimum absolute atomic E-state index is 0.0161. The highest BCUT2D eigenvalue weighted by atomic mass is 32.2. The van der Waals surface area contributed by atoms with Gasteiger partial charge in [-0.3, -0.25) is 0 Å². The molecule has 0 amide bonds. The highest BCUT2D eigenvalue weighted by molar-refractivity contribution is 7.89. The number of methoxy groups -OCH3 is 2. The van der Waals surface area contributed by atoms with Crippen LogP contribution in [0.5, 0.6) is 5.75 Å². The molecule has 0 aliphatic carbocycles. The fourth-order valence-electron chi connectivity index (χ4n) is 2.39. The zero-order valence-electron chi connectivity index (χ0n) is 14.4. The molecule has 0 unspecified atom stereocenters. The predicted molar refractivity (Wildman–Crippen MR) is 94.1 cm³/mol. The third kappa shape index (κ3) is 4.58. The van der Waals surface area contributed by atoms with E-state index in [1.807, 2.05) is 19.1 Å². The molecule has 1 N–H and O–H groups in total. The Kier molecular flexibility index (Phi) is 6.17. The number of ether oxygens (including phenoxy) is 2. The smallest absolute Gasteiger partial charge is 0.337 e. The van der Waals surface area contributed by atoms with Crippen molar-refractivity contribution in [3.05, 3.63) is 59.7 Å². The van der Waals surface area contributed by atoms with Crippen molar-refractivity contribution >= 4 is 16.0 Å². The Balaban J connectivity index is 2.27. The summed E-state index contributed by atoms with van der Waals surface area (Å²) in [5.74, 6) is 0.117. The summed E-state index contributed by atoms with van der Waals surface area (Å²) >= 11 is 0. The quantitative estimate of drug-likeness (QED) is 0.765. The third-order valence-electron chi connectivity index (χ3n) is 3.79. The van der Waals surface area contributed by atoms with Crippen molar-refractivity contribution in [1.82, 2.24) is 4.72 Å². The molecular weight excluding hydrogens is 342 g/mol. The van der Waals surface area contributed by atoms with E-state index >= 15 is 0 Å². The summed E-state index contributed by atoms with van der Waals surface area (Å²) < 4.78 is 37.8. The Labute approximate surface area is 147 Å². The summed E-state index contributed by atoms with van der Waals surface area (Å²) in [6.07, 6.45) is 0.572. The van der Waals surface area contributed by atoms with E-state index in [1.54, 1.807) is 19.2 Å². The van der Waals surface area contributed by atoms with Crippen molar-refractivity contribution in [3.63, 3.8) is 0 Å². The number of sulfonamides is 1. The molecule has 0 fully saturated rings. The number of hydrogen-bond donors (Lipinski definition) is 1. The number of carbonyl (C=O) groups excluding carboxylic acids is 1. The van der Waals surface area contributed by atoms with Crippen LogP contribution in [-0.2, 0) is 14.8 Å². The van der Waals surface area contributed by atoms with Crippen LogP contribution < -0.4 is 9.46 Å². The maximum atomic E-state index is 12.7. The van der Waals surface area contributed by atoms with Gasteiger partial charge in [-0.1, -0.05) is 25.1 Å². The largest absolute Gasteiger partial charge is 0.497 e. The van der Waals surface area contributed by atoms with Crippen molar-refractivity contribution < 1.29 is 22.7 Å². The van der Waals surface area contributed by atoms with E-state index < -0.39 is 22.0 Å². The van der Waals surface area contributed by atoms with Gasteiger partial charge >= 0.3 is 5.97 Å². The van der Waals surface area contributed by atoms with Gasteiger partial charge in [0.25, 0.3) is 0 Å². The van der Waals surface area contributed by atoms with Crippen LogP contribution in [0.15, 0.2) is 53.4 Å². The second-order valence-corrected chi connectivity index (χ2v) is 7.09. The van der Waals surface area contributed by atoms with Crippen LogP contribution in [0, 0.1) is 0 Å². The van der Waals surface area contributed by atoms with Crippen LogP contribution in [0.4, 0.5) is 0 Å². The third-order valence-corrected chi connectivity index (χ3v) is 5.26. The Morgan fingerprint density at radius 3 is 2.36 bits per heavy atom. The summed E-state index contributed by atoms with van der Waals surface area (Å²) in [5, 5.41) is 0. The van der Waals surface area contributed by atoms with E-state index in [0.29, 0.717) is 12.2 Å². The van der Waals surface area contributed by atoms with Gasteiger partial charge in [-0.05, 0) is 42.3 Å². The van der Waals surface area contributed by atoms with Crippen molar-refractivity contribution in [2.45, 2.75) is 24.3 Å². The second kappa shape index (κ2) is 8.13. The maximum absolute atomic E-state index is 12.7. The summed E-state index contributed by atoms with van der Waals surface area (Å²) in [6.45, 7) is 1.89. The molecule has 2 rings (SSSR count). The first kappa shape index (κ1) is 19.0. The van der Waals surface area contributed by atoms with Crippen molar-refractivity contribution in [1.29, 1.82) is 0 Å². The lowest BCUT2D eigenvalue weighted by molar-refractivity contribution is 0.0600. The monoisotopic (exact) mass is 363 g/mol. The van der Waals surface area contributed by atoms with Gasteiger partial charge in [0.1, 0.15) is 5.75 Å². The molecule has 0 radical (unpaired) electrons. The van der Waals surface area contributed by atoms with Gasteiger partial charge in [0.2, 0.25) is 10.0 Å². The lowest BCUT2D eigenvalue weighted by Crippen LogP contribution is -2.28. The number of benzene rings is 2. The maximum Gasteiger partial charge on any atom is 0.337 e. The van der Waals surface area contributed by atoms with E-state index in [9.17, 15) is 13.2 Å². The van der Waals surface area contributed by atoms with Crippen molar-refractivity contribution in [2.24, 2.45) is 0 Å². The molecule has 0 heterocycles. The molecule has 6 nitrogen and oxygen atoms in total. The normalized spacial score (nSPS) is 12.4. The van der Waals surface area contributed by atoms with E-state index in [0.717, 1.165) is 5.56 Å². The van der Waals surface area contributed by atoms with Gasteiger partial charge in [0, 0.05) is 6.04 Å². The molecule has 0 aromatic heterocycles. The molecule has 2 aromatic rings. The van der Waals surface area contributed by atoms with Crippen molar-refractivity contribution in [3.8, 4) is 5.75 Å². The number of nitrogens with one attached hydrogen (secondary N) is 1. The molecule has 0 saturated carbocycles. The van der Waals surface area contributed by atoms with Gasteiger partial charge in [0.05, 0.1) is 24.7 Å². The highest BCUT2D eigenvalue weighted by Gasteiger charge is 2.21. The summed E-state index contributed by atoms with van der Waals surface area (Å²) in [6, 6.07) is 12.6. The van der Waals surface area contributed by atoms with E-state index in [2.05, 4.69) is 9.46 Å². The van der Waals surface area contributed by atoms with E-state index in [1.165, 1.54) is 31.4 Å². The molecule has 0 spiro atoms. The predicted octanol–water partition coefficient (Wildman–Crippen LogP) is 2.91. The van der Waals surface area contributed by atoms with Crippen LogP contribution in [0.1, 0.15) is 35.3 Å². The lowest BCUT2D eigenvalue weighted by atomic mass is 10.1. The zero-order chi connectivity index (χ0) is 18.4. The average molecular weight is 363 g/mol. The Morgan fingerprint density at radius 2 is 1.80 bits per heavy atom. The van der Waals surface area contributed by atoms with E-state index in [-0.39, 0.29) is 10.5 Å². The van der Waals surface area contributed by atoms with Crippen LogP contribution in [0.3, 0.4) is 0 Å². The molecule has 7 heteroatoms. The van der Waals surface area contributed by atoms with Gasteiger partial charge in [0.15, 0.2) is 0 Å². The highest BCUT2D eigenvalue weighted by Crippen LogP contribution is 2.23. The number of esters is 1. The van der Waals surface area contributed by atoms with Crippen LogP contribution >= 0.6 is 0 Å². The summed E-state index contributed by atoms with van der Waals surface area (Å²) in [4.78, 5) is 11.6. The Hall–Kier alpha value is -2.38. The topological polar surface area (TPSA) is 81.7 Å². The lowest BCUT2D eigenvalue weighted by Gasteiger charge is -2.18. The minimum Gasteiger partial charge on any atom is -0.497 e. The molecule has 1 atom stereocenters. The first-order chi connectivity index (χ1) is 11.9. The number of carbonyl (C=O) groups is 1. The molecule has 0 aliphatic rings. The van der Waals surface area contributed by atoms with Gasteiger partial charge in [-0.2, -0.15) is 0 Å². The molecule has 25 heavy (non-hydrogen) atoms. The fraction of sp³-hybridized carbons (Fsp3) is 0.278. The standard InChI is InChI=1S/C18H21NO5S/c1-4-17(13-8-10-15(23-2)11-9-13)19-25(21,22)16-7-5-6-14(12-16)18(20)24-3/h5-12,17,19H,4H2,1-3H3/t17-/m1/s1. The number of hydrogen-bond acceptors (Lipinski definition) is 5. The van der Waals surface area contributed by atoms with Crippen LogP contribution in [0.2, 0.25) is 0 Å². The SMILES string of the molecule is CC[C@@H](NS(=O)(=O)c1cccc(C(=O)OC)c1)c1ccc(OC)cc1. The van der Waals surface area contributed by atoms with Crippen LogP contribution in [-0.4, -0.2) is 28.6 Å². The zero-order valence-corrected chi connectivity index (χ0v) is 15.2. The first-order valence-corrected chi connectivity index (χ1v) is 9.24. The molecule has 0 aliphatic heterocycles. The molecule has 2 aromatic carbocycles. The molecule has 0 saturated heterocycles. The molecule has 134 valence electrons. The first-order valence-electron chi connectivity index (χ1n) is 7.76. The van der Waals surface area contributed by atoms with Crippen LogP contribution in [0.25, 0.3) is 0 Å². The fourth-order valence-corrected chi connectivity index (χ4v) is 3.74. The molecule has 0 bridgehead atoms. The summed E-state index contributed by atoms with van der Waals surface area (Å²) in [5.41, 5.74) is 1.01. The Morgan fingerprint density at radius 1 is 1.12 bits per heavy atom. The number of rotatable bonds is 7. The second-order valence-electron chi connectivity index (χ2n) is 5.37. The summed E-state index contributed by atoms with van der Waals surface area (Å²) in [7, 11) is -0.967.